The van der Waals surface area contributed by atoms with Gasteiger partial charge in [0.15, 0.2) is 5.82 Å². The van der Waals surface area contributed by atoms with E-state index in [0.29, 0.717) is 25.2 Å². The number of rotatable bonds is 9. The molecule has 0 amide bonds. The van der Waals surface area contributed by atoms with Crippen LogP contribution in [-0.4, -0.2) is 30.1 Å². The number of nitrogens with one attached hydrogen (secondary N) is 1. The van der Waals surface area contributed by atoms with Gasteiger partial charge in [-0.2, -0.15) is 0 Å². The molecule has 0 saturated heterocycles. The van der Waals surface area contributed by atoms with Crippen molar-refractivity contribution in [2.75, 3.05) is 0 Å². The van der Waals surface area contributed by atoms with Gasteiger partial charge in [0.1, 0.15) is 5.76 Å². The molecule has 0 aliphatic rings. The van der Waals surface area contributed by atoms with Crippen molar-refractivity contribution >= 4 is 10.9 Å². The zero-order valence-electron chi connectivity index (χ0n) is 19.9. The van der Waals surface area contributed by atoms with Gasteiger partial charge in [-0.15, -0.1) is 5.10 Å². The van der Waals surface area contributed by atoms with Crippen molar-refractivity contribution in [3.05, 3.63) is 112 Å². The van der Waals surface area contributed by atoms with E-state index in [1.807, 2.05) is 60.1 Å². The van der Waals surface area contributed by atoms with Crippen LogP contribution in [0.15, 0.2) is 82.2 Å². The molecule has 0 spiro atoms. The van der Waals surface area contributed by atoms with E-state index in [1.54, 1.807) is 6.26 Å². The molecule has 5 aromatic rings. The monoisotopic (exact) mass is 468 g/mol. The van der Waals surface area contributed by atoms with E-state index < -0.39 is 0 Å². The van der Waals surface area contributed by atoms with Gasteiger partial charge in [0, 0.05) is 17.6 Å². The minimum absolute atomic E-state index is 0.0914. The number of H-pyrrole nitrogens is 1. The number of aryl methyl sites for hydroxylation is 1. The topological polar surface area (TPSA) is 92.8 Å². The molecule has 1 atom stereocenters. The molecule has 3 heterocycles. The molecule has 2 aromatic carbocycles. The van der Waals surface area contributed by atoms with E-state index >= 15 is 0 Å². The number of furan rings is 1. The molecule has 0 bridgehead atoms. The summed E-state index contributed by atoms with van der Waals surface area (Å²) in [5, 5.41) is 13.7. The van der Waals surface area contributed by atoms with Crippen molar-refractivity contribution in [3.8, 4) is 0 Å². The molecule has 35 heavy (non-hydrogen) atoms. The van der Waals surface area contributed by atoms with E-state index in [9.17, 15) is 4.79 Å². The van der Waals surface area contributed by atoms with E-state index in [-0.39, 0.29) is 11.6 Å². The van der Waals surface area contributed by atoms with Gasteiger partial charge in [0.05, 0.1) is 25.4 Å². The van der Waals surface area contributed by atoms with E-state index in [0.717, 1.165) is 40.0 Å². The summed E-state index contributed by atoms with van der Waals surface area (Å²) in [6.45, 7) is 5.65. The highest BCUT2D eigenvalue weighted by Gasteiger charge is 2.26. The van der Waals surface area contributed by atoms with Crippen LogP contribution in [0.5, 0.6) is 0 Å². The SMILES string of the molecule is CC[C@@H](c1nnnn1Cc1ccccc1)N(Cc1ccco1)Cc1cc2ccc(C)cc2[nH]c1=O. The number of hydrogen-bond donors (Lipinski definition) is 1. The Morgan fingerprint density at radius 2 is 1.91 bits per heavy atom. The van der Waals surface area contributed by atoms with Gasteiger partial charge in [-0.1, -0.05) is 49.4 Å². The van der Waals surface area contributed by atoms with Crippen molar-refractivity contribution in [2.24, 2.45) is 0 Å². The molecule has 5 rings (SSSR count). The largest absolute Gasteiger partial charge is 0.468 e. The summed E-state index contributed by atoms with van der Waals surface area (Å²) in [5.41, 5.74) is 3.67. The first kappa shape index (κ1) is 22.7. The Bertz CT molecular complexity index is 1460. The number of aromatic nitrogens is 5. The average molecular weight is 469 g/mol. The Morgan fingerprint density at radius 1 is 1.06 bits per heavy atom. The minimum Gasteiger partial charge on any atom is -0.468 e. The molecule has 178 valence electrons. The molecule has 0 fully saturated rings. The molecule has 0 saturated carbocycles. The van der Waals surface area contributed by atoms with E-state index in [1.165, 1.54) is 0 Å². The van der Waals surface area contributed by atoms with Gasteiger partial charge in [-0.25, -0.2) is 4.68 Å². The fourth-order valence-electron chi connectivity index (χ4n) is 4.50. The first-order chi connectivity index (χ1) is 17.1. The fraction of sp³-hybridized carbons (Fsp3) is 0.259. The molecule has 0 radical (unpaired) electrons. The van der Waals surface area contributed by atoms with Crippen LogP contribution in [0, 0.1) is 6.92 Å². The summed E-state index contributed by atoms with van der Waals surface area (Å²) >= 11 is 0. The van der Waals surface area contributed by atoms with Gasteiger partial charge in [0.2, 0.25) is 0 Å². The van der Waals surface area contributed by atoms with Crippen molar-refractivity contribution < 1.29 is 4.42 Å². The smallest absolute Gasteiger partial charge is 0.252 e. The highest BCUT2D eigenvalue weighted by atomic mass is 16.3. The lowest BCUT2D eigenvalue weighted by Gasteiger charge is -2.29. The predicted octanol–water partition coefficient (Wildman–Crippen LogP) is 4.62. The molecule has 8 heteroatoms. The lowest BCUT2D eigenvalue weighted by atomic mass is 10.1. The van der Waals surface area contributed by atoms with Crippen molar-refractivity contribution in [1.29, 1.82) is 0 Å². The maximum atomic E-state index is 13.0. The Hall–Kier alpha value is -4.04. The quantitative estimate of drug-likeness (QED) is 0.339. The van der Waals surface area contributed by atoms with Crippen LogP contribution < -0.4 is 5.56 Å². The highest BCUT2D eigenvalue weighted by molar-refractivity contribution is 5.79. The van der Waals surface area contributed by atoms with Crippen LogP contribution in [0.25, 0.3) is 10.9 Å². The van der Waals surface area contributed by atoms with E-state index in [2.05, 4.69) is 50.5 Å². The molecule has 0 unspecified atom stereocenters. The van der Waals surface area contributed by atoms with Crippen LogP contribution in [0.4, 0.5) is 0 Å². The van der Waals surface area contributed by atoms with Crippen LogP contribution in [0.2, 0.25) is 0 Å². The Morgan fingerprint density at radius 3 is 2.69 bits per heavy atom. The summed E-state index contributed by atoms with van der Waals surface area (Å²) in [7, 11) is 0. The van der Waals surface area contributed by atoms with Crippen LogP contribution >= 0.6 is 0 Å². The van der Waals surface area contributed by atoms with Gasteiger partial charge >= 0.3 is 0 Å². The predicted molar refractivity (Wildman–Crippen MR) is 134 cm³/mol. The lowest BCUT2D eigenvalue weighted by molar-refractivity contribution is 0.149. The molecule has 8 nitrogen and oxygen atoms in total. The van der Waals surface area contributed by atoms with Crippen LogP contribution in [0.3, 0.4) is 0 Å². The zero-order valence-corrected chi connectivity index (χ0v) is 19.9. The summed E-state index contributed by atoms with van der Waals surface area (Å²) < 4.78 is 7.51. The average Bonchev–Trinajstić information content (AvgIpc) is 3.53. The first-order valence-electron chi connectivity index (χ1n) is 11.8. The van der Waals surface area contributed by atoms with Crippen molar-refractivity contribution in [3.63, 3.8) is 0 Å². The standard InChI is InChI=1S/C27H28N6O2/c1-3-25(26-29-30-31-33(26)16-20-8-5-4-6-9-20)32(18-23-10-7-13-35-23)17-22-15-21-12-11-19(2)14-24(21)28-27(22)34/h4-15,25H,3,16-18H2,1-2H3,(H,28,34)/t25-/m0/s1. The number of pyridine rings is 1. The van der Waals surface area contributed by atoms with Gasteiger partial charge in [0.25, 0.3) is 5.56 Å². The normalized spacial score (nSPS) is 12.4. The highest BCUT2D eigenvalue weighted by Crippen LogP contribution is 2.27. The molecule has 3 aromatic heterocycles. The number of benzene rings is 2. The molecule has 0 aliphatic heterocycles. The third-order valence-electron chi connectivity index (χ3n) is 6.25. The number of tetrazole rings is 1. The summed E-state index contributed by atoms with van der Waals surface area (Å²) in [6.07, 6.45) is 2.43. The fourth-order valence-corrected chi connectivity index (χ4v) is 4.50. The summed E-state index contributed by atoms with van der Waals surface area (Å²) in [6, 6.07) is 21.9. The second kappa shape index (κ2) is 10.1. The Labute approximate surface area is 203 Å². The maximum Gasteiger partial charge on any atom is 0.252 e. The summed E-state index contributed by atoms with van der Waals surface area (Å²) in [5.74, 6) is 1.58. The van der Waals surface area contributed by atoms with Gasteiger partial charge in [-0.05, 0) is 64.5 Å². The number of hydrogen-bond acceptors (Lipinski definition) is 6. The summed E-state index contributed by atoms with van der Waals surface area (Å²) in [4.78, 5) is 18.3. The third kappa shape index (κ3) is 5.07. The van der Waals surface area contributed by atoms with Gasteiger partial charge < -0.3 is 9.40 Å². The number of aromatic amines is 1. The van der Waals surface area contributed by atoms with Crippen molar-refractivity contribution in [1.82, 2.24) is 30.1 Å². The lowest BCUT2D eigenvalue weighted by Crippen LogP contribution is -2.32. The Kier molecular flexibility index (Phi) is 6.54. The van der Waals surface area contributed by atoms with Gasteiger partial charge in [-0.3, -0.25) is 9.69 Å². The minimum atomic E-state index is -0.119. The first-order valence-corrected chi connectivity index (χ1v) is 11.8. The molecular weight excluding hydrogens is 440 g/mol. The van der Waals surface area contributed by atoms with Crippen molar-refractivity contribution in [2.45, 2.75) is 45.9 Å². The zero-order chi connectivity index (χ0) is 24.2. The second-order valence-corrected chi connectivity index (χ2v) is 8.80. The molecular formula is C27H28N6O2. The molecule has 1 N–H and O–H groups in total. The number of nitrogens with zero attached hydrogens (tertiary/aromatic N) is 5. The number of fused-ring (bicyclic) bond motifs is 1. The second-order valence-electron chi connectivity index (χ2n) is 8.80. The van der Waals surface area contributed by atoms with Crippen LogP contribution in [0.1, 0.15) is 47.7 Å². The third-order valence-corrected chi connectivity index (χ3v) is 6.25. The van der Waals surface area contributed by atoms with E-state index in [4.69, 9.17) is 4.42 Å². The Balaban J connectivity index is 1.50. The maximum absolute atomic E-state index is 13.0. The molecule has 0 aliphatic carbocycles. The van der Waals surface area contributed by atoms with Crippen LogP contribution in [-0.2, 0) is 19.6 Å².